The summed E-state index contributed by atoms with van der Waals surface area (Å²) in [7, 11) is -3.99. The van der Waals surface area contributed by atoms with Gasteiger partial charge in [0.05, 0.1) is 4.90 Å². The van der Waals surface area contributed by atoms with E-state index in [9.17, 15) is 22.7 Å². The topological polar surface area (TPSA) is 95.5 Å². The summed E-state index contributed by atoms with van der Waals surface area (Å²) in [6.07, 6.45) is 0.211. The molecule has 8 heteroatoms. The van der Waals surface area contributed by atoms with E-state index in [0.717, 1.165) is 24.3 Å². The number of hydrogen-bond donors (Lipinski definition) is 3. The number of carbonyl (C=O) groups is 1. The van der Waals surface area contributed by atoms with Crippen molar-refractivity contribution >= 4 is 32.4 Å². The van der Waals surface area contributed by atoms with Crippen molar-refractivity contribution in [3.05, 3.63) is 66.5 Å². The van der Waals surface area contributed by atoms with Crippen LogP contribution in [-0.2, 0) is 14.8 Å². The van der Waals surface area contributed by atoms with Crippen molar-refractivity contribution in [1.29, 1.82) is 0 Å². The van der Waals surface area contributed by atoms with Gasteiger partial charge < -0.3 is 10.4 Å². The van der Waals surface area contributed by atoms with E-state index in [1.165, 1.54) is 0 Å². The van der Waals surface area contributed by atoms with Crippen LogP contribution in [0.2, 0.25) is 0 Å². The summed E-state index contributed by atoms with van der Waals surface area (Å²) < 4.78 is 40.3. The van der Waals surface area contributed by atoms with Crippen LogP contribution in [0.1, 0.15) is 13.3 Å². The summed E-state index contributed by atoms with van der Waals surface area (Å²) in [5.74, 6) is -1.01. The number of carbonyl (C=O) groups excluding carboxylic acids is 1. The predicted octanol–water partition coefficient (Wildman–Crippen LogP) is 3.38. The van der Waals surface area contributed by atoms with Gasteiger partial charge in [0.25, 0.3) is 0 Å². The molecule has 28 heavy (non-hydrogen) atoms. The molecule has 0 fully saturated rings. The third-order valence-electron chi connectivity index (χ3n) is 4.30. The number of nitrogens with one attached hydrogen (secondary N) is 2. The monoisotopic (exact) mass is 402 g/mol. The average molecular weight is 402 g/mol. The van der Waals surface area contributed by atoms with Gasteiger partial charge in [0, 0.05) is 16.5 Å². The second kappa shape index (κ2) is 7.95. The Labute approximate surface area is 162 Å². The zero-order chi connectivity index (χ0) is 20.3. The predicted molar refractivity (Wildman–Crippen MR) is 105 cm³/mol. The molecule has 1 amide bonds. The van der Waals surface area contributed by atoms with Gasteiger partial charge in [-0.15, -0.1) is 0 Å². The van der Waals surface area contributed by atoms with E-state index in [1.807, 2.05) is 0 Å². The summed E-state index contributed by atoms with van der Waals surface area (Å²) >= 11 is 0. The second-order valence-corrected chi connectivity index (χ2v) is 7.92. The lowest BCUT2D eigenvalue weighted by Gasteiger charge is -2.18. The van der Waals surface area contributed by atoms with E-state index in [2.05, 4.69) is 10.0 Å². The minimum Gasteiger partial charge on any atom is -0.507 e. The third kappa shape index (κ3) is 4.13. The molecule has 0 radical (unpaired) electrons. The zero-order valence-electron chi connectivity index (χ0n) is 15.0. The van der Waals surface area contributed by atoms with Crippen molar-refractivity contribution < 1.29 is 22.7 Å². The Morgan fingerprint density at radius 3 is 2.36 bits per heavy atom. The molecule has 3 N–H and O–H groups in total. The van der Waals surface area contributed by atoms with Gasteiger partial charge in [-0.2, -0.15) is 4.72 Å². The van der Waals surface area contributed by atoms with Crippen LogP contribution in [-0.4, -0.2) is 25.5 Å². The number of halogens is 1. The Morgan fingerprint density at radius 2 is 1.68 bits per heavy atom. The lowest BCUT2D eigenvalue weighted by molar-refractivity contribution is -0.117. The molecule has 0 spiro atoms. The number of anilines is 1. The molecule has 0 saturated carbocycles. The molecule has 0 bridgehead atoms. The molecule has 0 aromatic heterocycles. The van der Waals surface area contributed by atoms with Gasteiger partial charge in [-0.1, -0.05) is 31.2 Å². The van der Waals surface area contributed by atoms with Crippen LogP contribution in [0.15, 0.2) is 65.6 Å². The minimum absolute atomic E-state index is 0.0812. The molecule has 1 atom stereocenters. The van der Waals surface area contributed by atoms with Gasteiger partial charge in [-0.05, 0) is 42.8 Å². The van der Waals surface area contributed by atoms with E-state index < -0.39 is 27.8 Å². The Hall–Kier alpha value is -2.97. The Kier molecular flexibility index (Phi) is 5.62. The molecular formula is C20H19FN2O4S. The largest absolute Gasteiger partial charge is 0.507 e. The minimum atomic E-state index is -3.99. The quantitative estimate of drug-likeness (QED) is 0.589. The van der Waals surface area contributed by atoms with Crippen LogP contribution in [0, 0.1) is 5.82 Å². The molecule has 0 aliphatic rings. The molecule has 0 aliphatic heterocycles. The van der Waals surface area contributed by atoms with Crippen molar-refractivity contribution in [2.24, 2.45) is 0 Å². The van der Waals surface area contributed by atoms with Crippen LogP contribution in [0.3, 0.4) is 0 Å². The molecule has 1 unspecified atom stereocenters. The van der Waals surface area contributed by atoms with Gasteiger partial charge in [0.1, 0.15) is 17.6 Å². The van der Waals surface area contributed by atoms with Crippen LogP contribution >= 0.6 is 0 Å². The molecule has 146 valence electrons. The summed E-state index contributed by atoms with van der Waals surface area (Å²) in [5.41, 5.74) is 0.456. The van der Waals surface area contributed by atoms with Gasteiger partial charge in [-0.3, -0.25) is 4.79 Å². The van der Waals surface area contributed by atoms with Gasteiger partial charge >= 0.3 is 0 Å². The highest BCUT2D eigenvalue weighted by Gasteiger charge is 2.25. The van der Waals surface area contributed by atoms with Crippen molar-refractivity contribution in [2.45, 2.75) is 24.3 Å². The highest BCUT2D eigenvalue weighted by atomic mass is 32.2. The molecule has 6 nitrogen and oxygen atoms in total. The Bertz CT molecular complexity index is 1110. The lowest BCUT2D eigenvalue weighted by atomic mass is 10.1. The number of sulfonamides is 1. The fraction of sp³-hybridized carbons (Fsp3) is 0.150. The van der Waals surface area contributed by atoms with Gasteiger partial charge in [0.2, 0.25) is 15.9 Å². The maximum Gasteiger partial charge on any atom is 0.242 e. The number of fused-ring (bicyclic) bond motifs is 1. The zero-order valence-corrected chi connectivity index (χ0v) is 15.8. The van der Waals surface area contributed by atoms with E-state index in [4.69, 9.17) is 0 Å². The number of amides is 1. The van der Waals surface area contributed by atoms with Crippen molar-refractivity contribution in [3.63, 3.8) is 0 Å². The molecule has 0 saturated heterocycles. The standard InChI is InChI=1S/C20H19FN2O4S/c1-2-17(23-28(26,27)14-11-9-13(21)10-12-14)20(25)22-18-7-3-6-16-15(18)5-4-8-19(16)24/h3-12,17,23-24H,2H2,1H3,(H,22,25). The first-order valence-corrected chi connectivity index (χ1v) is 10.1. The first-order valence-electron chi connectivity index (χ1n) is 8.61. The van der Waals surface area contributed by atoms with Gasteiger partial charge in [0.15, 0.2) is 0 Å². The molecule has 3 aromatic carbocycles. The van der Waals surface area contributed by atoms with E-state index in [-0.39, 0.29) is 17.1 Å². The van der Waals surface area contributed by atoms with E-state index in [0.29, 0.717) is 16.5 Å². The molecule has 3 rings (SSSR count). The number of benzene rings is 3. The smallest absolute Gasteiger partial charge is 0.242 e. The van der Waals surface area contributed by atoms with Crippen LogP contribution in [0.5, 0.6) is 5.75 Å². The number of phenols is 1. The SMILES string of the molecule is CCC(NS(=O)(=O)c1ccc(F)cc1)C(=O)Nc1cccc2c(O)cccc12. The normalized spacial score (nSPS) is 12.6. The molecule has 0 heterocycles. The molecule has 3 aromatic rings. The maximum absolute atomic E-state index is 13.0. The first kappa shape index (κ1) is 19.8. The number of phenolic OH excluding ortho intramolecular Hbond substituents is 1. The van der Waals surface area contributed by atoms with E-state index in [1.54, 1.807) is 43.3 Å². The second-order valence-electron chi connectivity index (χ2n) is 6.20. The summed E-state index contributed by atoms with van der Waals surface area (Å²) in [4.78, 5) is 12.5. The van der Waals surface area contributed by atoms with Crippen LogP contribution in [0.4, 0.5) is 10.1 Å². The Morgan fingerprint density at radius 1 is 1.04 bits per heavy atom. The molecule has 0 aliphatic carbocycles. The fourth-order valence-electron chi connectivity index (χ4n) is 2.81. The third-order valence-corrected chi connectivity index (χ3v) is 5.79. The first-order chi connectivity index (χ1) is 13.3. The number of hydrogen-bond acceptors (Lipinski definition) is 4. The number of aromatic hydroxyl groups is 1. The van der Waals surface area contributed by atoms with Gasteiger partial charge in [-0.25, -0.2) is 12.8 Å². The molecular weight excluding hydrogens is 383 g/mol. The van der Waals surface area contributed by atoms with Crippen LogP contribution in [0.25, 0.3) is 10.8 Å². The fourth-order valence-corrected chi connectivity index (χ4v) is 4.09. The highest BCUT2D eigenvalue weighted by molar-refractivity contribution is 7.89. The summed E-state index contributed by atoms with van der Waals surface area (Å²) in [6.45, 7) is 1.67. The summed E-state index contributed by atoms with van der Waals surface area (Å²) in [6, 6.07) is 13.3. The van der Waals surface area contributed by atoms with Crippen molar-refractivity contribution in [2.75, 3.05) is 5.32 Å². The van der Waals surface area contributed by atoms with Crippen molar-refractivity contribution in [1.82, 2.24) is 4.72 Å². The van der Waals surface area contributed by atoms with E-state index >= 15 is 0 Å². The lowest BCUT2D eigenvalue weighted by Crippen LogP contribution is -2.43. The number of rotatable bonds is 6. The van der Waals surface area contributed by atoms with Crippen molar-refractivity contribution in [3.8, 4) is 5.75 Å². The van der Waals surface area contributed by atoms with Crippen LogP contribution < -0.4 is 10.0 Å². The maximum atomic E-state index is 13.0. The average Bonchev–Trinajstić information content (AvgIpc) is 2.67. The Balaban J connectivity index is 1.83. The summed E-state index contributed by atoms with van der Waals surface area (Å²) in [5, 5.41) is 13.9. The highest BCUT2D eigenvalue weighted by Crippen LogP contribution is 2.29.